The van der Waals surface area contributed by atoms with Crippen molar-refractivity contribution in [3.8, 4) is 56.4 Å². The van der Waals surface area contributed by atoms with Gasteiger partial charge in [-0.25, -0.2) is 0 Å². The molecule has 0 atom stereocenters. The first-order chi connectivity index (χ1) is 35.0. The average Bonchev–Trinajstić information content (AvgIpc) is 3.61. The summed E-state index contributed by atoms with van der Waals surface area (Å²) < 4.78 is 13.9. The highest BCUT2D eigenvalue weighted by molar-refractivity contribution is 6.94. The molecule has 0 radical (unpaired) electrons. The molecule has 0 fully saturated rings. The third kappa shape index (κ3) is 6.33. The number of ether oxygens (including phenoxy) is 2. The second kappa shape index (κ2) is 15.0. The lowest BCUT2D eigenvalue weighted by Crippen LogP contribution is -2.61. The van der Waals surface area contributed by atoms with Gasteiger partial charge in [0.05, 0.1) is 0 Å². The van der Waals surface area contributed by atoms with Crippen molar-refractivity contribution < 1.29 is 9.47 Å². The predicted octanol–water partition coefficient (Wildman–Crippen LogP) is 17.4. The molecular weight excluding hydrogens is 888 g/mol. The van der Waals surface area contributed by atoms with E-state index in [0.29, 0.717) is 5.75 Å². The number of para-hydroxylation sites is 2. The summed E-state index contributed by atoms with van der Waals surface area (Å²) in [5.41, 5.74) is 23.8. The maximum absolute atomic E-state index is 6.95. The first kappa shape index (κ1) is 44.2. The highest BCUT2D eigenvalue weighted by Crippen LogP contribution is 2.58. The van der Waals surface area contributed by atoms with Crippen molar-refractivity contribution in [2.75, 3.05) is 9.71 Å². The highest BCUT2D eigenvalue weighted by atomic mass is 16.6. The fourth-order valence-corrected chi connectivity index (χ4v) is 13.5. The van der Waals surface area contributed by atoms with E-state index >= 15 is 0 Å². The van der Waals surface area contributed by atoms with E-state index in [1.807, 2.05) is 24.3 Å². The SMILES string of the molecule is Cc1cc2c(cc1N1c3cc4c(cc3B3c5c1cc1ccccc1c5-c1cc5c(cc1N3c1ccc(C(C)(C)C)cc1-c1ccccc1)C(C)(C)c1ccccc1-5)Oc1ccccc1O4)C(C)(C)CCC2(C)C. The fourth-order valence-electron chi connectivity index (χ4n) is 13.5. The lowest BCUT2D eigenvalue weighted by molar-refractivity contribution is 0.332. The van der Waals surface area contributed by atoms with Crippen molar-refractivity contribution in [3.63, 3.8) is 0 Å². The van der Waals surface area contributed by atoms with Gasteiger partial charge >= 0.3 is 6.85 Å². The van der Waals surface area contributed by atoms with E-state index in [0.717, 1.165) is 46.9 Å². The molecule has 0 spiro atoms. The van der Waals surface area contributed by atoms with Crippen LogP contribution in [0.5, 0.6) is 23.0 Å². The normalized spacial score (nSPS) is 16.7. The monoisotopic (exact) mass is 948 g/mol. The Morgan fingerprint density at radius 2 is 1.12 bits per heavy atom. The standard InChI is InChI=1S/C68H61BN2O2/c1-40-32-51-52(67(7,8)31-30-66(51,5)6)37-55(40)70-57-39-62-61(72-59-26-18-19-27-60(59)73-62)38-53(57)69-64-58(70)33-42-22-14-15-23-44(42)63(64)48-35-47-45-24-16-17-25-49(45)68(9,10)50(47)36-56(48)71(69)54-29-28-43(65(2,3)4)34-46(54)41-20-12-11-13-21-41/h11-29,32-39H,30-31H2,1-10H3. The summed E-state index contributed by atoms with van der Waals surface area (Å²) in [6, 6.07) is 61.8. The zero-order chi connectivity index (χ0) is 50.1. The Morgan fingerprint density at radius 1 is 0.479 bits per heavy atom. The van der Waals surface area contributed by atoms with Crippen LogP contribution >= 0.6 is 0 Å². The van der Waals surface area contributed by atoms with Crippen molar-refractivity contribution in [1.82, 2.24) is 0 Å². The van der Waals surface area contributed by atoms with Gasteiger partial charge in [-0.3, -0.25) is 0 Å². The molecule has 0 amide bonds. The molecule has 3 aliphatic heterocycles. The lowest BCUT2D eigenvalue weighted by Gasteiger charge is -2.48. The van der Waals surface area contributed by atoms with Gasteiger partial charge in [-0.1, -0.05) is 165 Å². The van der Waals surface area contributed by atoms with Gasteiger partial charge in [0.15, 0.2) is 23.0 Å². The van der Waals surface area contributed by atoms with Crippen LogP contribution in [0.1, 0.15) is 109 Å². The van der Waals surface area contributed by atoms with E-state index < -0.39 is 0 Å². The minimum Gasteiger partial charge on any atom is -0.450 e. The van der Waals surface area contributed by atoms with Gasteiger partial charge in [0.25, 0.3) is 0 Å². The number of anilines is 5. The maximum Gasteiger partial charge on any atom is 0.333 e. The van der Waals surface area contributed by atoms with Crippen molar-refractivity contribution in [3.05, 3.63) is 197 Å². The van der Waals surface area contributed by atoms with Gasteiger partial charge < -0.3 is 19.2 Å². The smallest absolute Gasteiger partial charge is 0.333 e. The topological polar surface area (TPSA) is 24.9 Å². The van der Waals surface area contributed by atoms with E-state index in [9.17, 15) is 0 Å². The molecule has 3 heterocycles. The number of fused-ring (bicyclic) bond motifs is 12. The van der Waals surface area contributed by atoms with Crippen molar-refractivity contribution in [2.45, 2.75) is 104 Å². The number of benzene rings is 9. The Labute approximate surface area is 431 Å². The van der Waals surface area contributed by atoms with Crippen molar-refractivity contribution >= 4 is 57.0 Å². The van der Waals surface area contributed by atoms with Gasteiger partial charge in [0.1, 0.15) is 0 Å². The highest BCUT2D eigenvalue weighted by Gasteiger charge is 2.49. The largest absolute Gasteiger partial charge is 0.450 e. The molecule has 5 aliphatic rings. The second-order valence-electron chi connectivity index (χ2n) is 24.4. The van der Waals surface area contributed by atoms with E-state index in [1.54, 1.807) is 0 Å². The number of nitrogens with zero attached hydrogens (tertiary/aromatic N) is 2. The van der Waals surface area contributed by atoms with Crippen LogP contribution < -0.4 is 30.1 Å². The molecule has 358 valence electrons. The predicted molar refractivity (Wildman–Crippen MR) is 306 cm³/mol. The van der Waals surface area contributed by atoms with E-state index in [2.05, 4.69) is 218 Å². The quantitative estimate of drug-likeness (QED) is 0.165. The van der Waals surface area contributed by atoms with Crippen molar-refractivity contribution in [1.29, 1.82) is 0 Å². The summed E-state index contributed by atoms with van der Waals surface area (Å²) in [5, 5.41) is 2.47. The van der Waals surface area contributed by atoms with Crippen LogP contribution in [0.25, 0.3) is 44.2 Å². The lowest BCUT2D eigenvalue weighted by atomic mass is 9.43. The third-order valence-electron chi connectivity index (χ3n) is 17.6. The molecule has 0 aromatic heterocycles. The number of hydrogen-bond donors (Lipinski definition) is 0. The molecule has 4 nitrogen and oxygen atoms in total. The summed E-state index contributed by atoms with van der Waals surface area (Å²) in [4.78, 5) is 5.32. The number of aryl methyl sites for hydroxylation is 1. The van der Waals surface area contributed by atoms with E-state index in [-0.39, 0.29) is 28.5 Å². The van der Waals surface area contributed by atoms with Crippen LogP contribution in [0.3, 0.4) is 0 Å². The summed E-state index contributed by atoms with van der Waals surface area (Å²) >= 11 is 0. The van der Waals surface area contributed by atoms with Gasteiger partial charge in [0, 0.05) is 51.0 Å². The first-order valence-electron chi connectivity index (χ1n) is 26.4. The molecule has 14 rings (SSSR count). The zero-order valence-corrected chi connectivity index (χ0v) is 43.8. The van der Waals surface area contributed by atoms with Crippen LogP contribution in [0.2, 0.25) is 0 Å². The van der Waals surface area contributed by atoms with Gasteiger partial charge in [-0.2, -0.15) is 0 Å². The van der Waals surface area contributed by atoms with E-state index in [4.69, 9.17) is 9.47 Å². The number of hydrogen-bond acceptors (Lipinski definition) is 4. The average molecular weight is 949 g/mol. The molecule has 73 heavy (non-hydrogen) atoms. The summed E-state index contributed by atoms with van der Waals surface area (Å²) in [6.45, 7) is 23.6. The Kier molecular flexibility index (Phi) is 9.11. The van der Waals surface area contributed by atoms with Gasteiger partial charge in [0.2, 0.25) is 0 Å². The Hall–Kier alpha value is -7.50. The maximum atomic E-state index is 6.95. The van der Waals surface area contributed by atoms with Crippen LogP contribution in [-0.4, -0.2) is 6.85 Å². The minimum atomic E-state index is -0.277. The molecule has 0 N–H and O–H groups in total. The molecule has 2 aliphatic carbocycles. The summed E-state index contributed by atoms with van der Waals surface area (Å²) in [7, 11) is 0. The minimum absolute atomic E-state index is 0.00102. The third-order valence-corrected chi connectivity index (χ3v) is 17.6. The Morgan fingerprint density at radius 3 is 1.86 bits per heavy atom. The summed E-state index contributed by atoms with van der Waals surface area (Å²) in [5.74, 6) is 2.87. The fraction of sp³-hybridized carbons (Fsp3) is 0.235. The van der Waals surface area contributed by atoms with Crippen LogP contribution in [0.4, 0.5) is 28.4 Å². The Balaban J connectivity index is 1.15. The summed E-state index contributed by atoms with van der Waals surface area (Å²) in [6.07, 6.45) is 2.29. The molecule has 5 heteroatoms. The number of rotatable bonds is 3. The second-order valence-corrected chi connectivity index (χ2v) is 24.4. The molecule has 0 saturated carbocycles. The molecule has 9 aromatic carbocycles. The van der Waals surface area contributed by atoms with Crippen LogP contribution in [0, 0.1) is 6.92 Å². The van der Waals surface area contributed by atoms with Crippen LogP contribution in [-0.2, 0) is 21.7 Å². The molecular formula is C68H61BN2O2. The molecule has 0 bridgehead atoms. The van der Waals surface area contributed by atoms with Crippen molar-refractivity contribution in [2.24, 2.45) is 0 Å². The first-order valence-corrected chi connectivity index (χ1v) is 26.4. The van der Waals surface area contributed by atoms with Gasteiger partial charge in [-0.15, -0.1) is 0 Å². The molecule has 9 aromatic rings. The van der Waals surface area contributed by atoms with E-state index in [1.165, 1.54) is 100 Å². The van der Waals surface area contributed by atoms with Gasteiger partial charge in [-0.05, 0) is 168 Å². The zero-order valence-electron chi connectivity index (χ0n) is 43.8. The Bertz CT molecular complexity index is 3860. The van der Waals surface area contributed by atoms with Crippen LogP contribution in [0.15, 0.2) is 164 Å². The molecule has 0 saturated heterocycles. The molecule has 0 unspecified atom stereocenters.